The van der Waals surface area contributed by atoms with Gasteiger partial charge in [-0.05, 0) is 43.2 Å². The van der Waals surface area contributed by atoms with Crippen molar-refractivity contribution >= 4 is 17.6 Å². The Balaban J connectivity index is 0.000000280. The Morgan fingerprint density at radius 3 is 2.11 bits per heavy atom. The normalized spacial score (nSPS) is 13.4. The molecule has 2 aromatic rings. The lowest BCUT2D eigenvalue weighted by molar-refractivity contribution is -0.163. The molecule has 0 heterocycles. The largest absolute Gasteiger partial charge is 0.504 e. The highest BCUT2D eigenvalue weighted by Crippen LogP contribution is 2.25. The molecule has 10 heteroatoms. The number of hydrogen-bond acceptors (Lipinski definition) is 8. The molecule has 2 aromatic carbocycles. The summed E-state index contributed by atoms with van der Waals surface area (Å²) in [5, 5.41) is 54.4. The number of aromatic hydroxyl groups is 2. The second-order valence-electron chi connectivity index (χ2n) is 5.95. The zero-order valence-electron chi connectivity index (χ0n) is 14.9. The summed E-state index contributed by atoms with van der Waals surface area (Å²) in [6, 6.07) is 11.0. The van der Waals surface area contributed by atoms with E-state index in [4.69, 9.17) is 26.2 Å². The molecule has 0 amide bonds. The van der Waals surface area contributed by atoms with Gasteiger partial charge in [0, 0.05) is 0 Å². The first kappa shape index (κ1) is 22.7. The SMILES string of the molecule is C[C@@](O)(C(=O)O)N(O)c1ccccc1.N[C@@H](Cc1ccc(O)c(O)c1)C(=O)O. The molecule has 0 unspecified atom stereocenters. The van der Waals surface area contributed by atoms with Crippen LogP contribution in [0, 0.1) is 0 Å². The number of nitrogens with two attached hydrogens (primary N) is 1. The van der Waals surface area contributed by atoms with Crippen LogP contribution in [-0.4, -0.2) is 54.4 Å². The first-order valence-corrected chi connectivity index (χ1v) is 7.96. The fourth-order valence-electron chi connectivity index (χ4n) is 1.95. The van der Waals surface area contributed by atoms with E-state index in [1.165, 1.54) is 30.3 Å². The van der Waals surface area contributed by atoms with Gasteiger partial charge < -0.3 is 31.3 Å². The zero-order valence-corrected chi connectivity index (χ0v) is 14.9. The van der Waals surface area contributed by atoms with Crippen molar-refractivity contribution in [3.8, 4) is 11.5 Å². The molecular formula is C18H22N2O8. The molecule has 0 aliphatic carbocycles. The topological polar surface area (TPSA) is 185 Å². The molecule has 0 aliphatic rings. The highest BCUT2D eigenvalue weighted by Gasteiger charge is 2.37. The molecule has 0 aliphatic heterocycles. The Hall–Kier alpha value is -3.34. The van der Waals surface area contributed by atoms with E-state index in [0.29, 0.717) is 10.6 Å². The molecule has 0 aromatic heterocycles. The van der Waals surface area contributed by atoms with Crippen LogP contribution < -0.4 is 10.8 Å². The number of nitrogens with zero attached hydrogens (tertiary/aromatic N) is 1. The van der Waals surface area contributed by atoms with Crippen molar-refractivity contribution < 1.29 is 40.3 Å². The van der Waals surface area contributed by atoms with E-state index in [-0.39, 0.29) is 23.6 Å². The predicted molar refractivity (Wildman–Crippen MR) is 98.1 cm³/mol. The minimum Gasteiger partial charge on any atom is -0.504 e. The maximum atomic E-state index is 10.6. The third-order valence-electron chi connectivity index (χ3n) is 3.63. The van der Waals surface area contributed by atoms with E-state index >= 15 is 0 Å². The summed E-state index contributed by atoms with van der Waals surface area (Å²) in [7, 11) is 0. The lowest BCUT2D eigenvalue weighted by Gasteiger charge is -2.28. The van der Waals surface area contributed by atoms with E-state index in [1.54, 1.807) is 18.2 Å². The molecule has 2 atom stereocenters. The molecule has 8 N–H and O–H groups in total. The number of para-hydroxylation sites is 1. The third-order valence-corrected chi connectivity index (χ3v) is 3.63. The number of carboxylic acids is 2. The molecule has 0 fully saturated rings. The Kier molecular flexibility index (Phi) is 7.75. The van der Waals surface area contributed by atoms with Crippen molar-refractivity contribution in [2.24, 2.45) is 5.73 Å². The van der Waals surface area contributed by atoms with Gasteiger partial charge in [-0.15, -0.1) is 0 Å². The van der Waals surface area contributed by atoms with Crippen LogP contribution in [0.3, 0.4) is 0 Å². The van der Waals surface area contributed by atoms with Crippen LogP contribution in [0.1, 0.15) is 12.5 Å². The Morgan fingerprint density at radius 1 is 1.07 bits per heavy atom. The van der Waals surface area contributed by atoms with Crippen LogP contribution in [0.4, 0.5) is 5.69 Å². The summed E-state index contributed by atoms with van der Waals surface area (Å²) in [6.07, 6.45) is 0.114. The van der Waals surface area contributed by atoms with Gasteiger partial charge in [-0.1, -0.05) is 24.3 Å². The first-order chi connectivity index (χ1) is 13.0. The number of rotatable bonds is 6. The highest BCUT2D eigenvalue weighted by molar-refractivity contribution is 5.79. The number of carbonyl (C=O) groups is 2. The van der Waals surface area contributed by atoms with Crippen LogP contribution in [0.25, 0.3) is 0 Å². The Labute approximate surface area is 160 Å². The van der Waals surface area contributed by atoms with E-state index < -0.39 is 23.7 Å². The average Bonchev–Trinajstić information content (AvgIpc) is 2.65. The van der Waals surface area contributed by atoms with Crippen molar-refractivity contribution in [2.45, 2.75) is 25.1 Å². The van der Waals surface area contributed by atoms with Crippen molar-refractivity contribution in [3.63, 3.8) is 0 Å². The second kappa shape index (κ2) is 9.55. The quantitative estimate of drug-likeness (QED) is 0.209. The summed E-state index contributed by atoms with van der Waals surface area (Å²) >= 11 is 0. The minimum atomic E-state index is -2.33. The molecule has 0 saturated carbocycles. The van der Waals surface area contributed by atoms with Crippen LogP contribution in [0.2, 0.25) is 0 Å². The second-order valence-corrected chi connectivity index (χ2v) is 5.95. The summed E-state index contributed by atoms with van der Waals surface area (Å²) in [6.45, 7) is 0.988. The number of carboxylic acid groups (broad SMARTS) is 2. The van der Waals surface area contributed by atoms with E-state index in [2.05, 4.69) is 0 Å². The molecular weight excluding hydrogens is 372 g/mol. The average molecular weight is 394 g/mol. The van der Waals surface area contributed by atoms with Gasteiger partial charge in [0.05, 0.1) is 5.69 Å². The molecule has 0 saturated heterocycles. The van der Waals surface area contributed by atoms with Crippen molar-refractivity contribution in [2.75, 3.05) is 5.06 Å². The fraction of sp³-hybridized carbons (Fsp3) is 0.222. The number of hydroxylamine groups is 1. The van der Waals surface area contributed by atoms with Crippen molar-refractivity contribution in [1.29, 1.82) is 0 Å². The van der Waals surface area contributed by atoms with Gasteiger partial charge in [0.15, 0.2) is 11.5 Å². The number of hydrogen-bond donors (Lipinski definition) is 7. The maximum absolute atomic E-state index is 10.6. The van der Waals surface area contributed by atoms with Crippen molar-refractivity contribution in [3.05, 3.63) is 54.1 Å². The zero-order chi connectivity index (χ0) is 21.5. The lowest BCUT2D eigenvalue weighted by Crippen LogP contribution is -2.51. The van der Waals surface area contributed by atoms with Crippen LogP contribution >= 0.6 is 0 Å². The summed E-state index contributed by atoms with van der Waals surface area (Å²) in [5.41, 5.74) is 3.73. The maximum Gasteiger partial charge on any atom is 0.359 e. The Bertz CT molecular complexity index is 810. The van der Waals surface area contributed by atoms with Gasteiger partial charge in [-0.3, -0.25) is 10.0 Å². The standard InChI is InChI=1S/2C9H11NO4/c1-9(13,8(11)12)10(14)7-5-3-2-4-6-7;10-6(9(13)14)3-5-1-2-7(11)8(12)4-5/h2-6,13-14H,1H3,(H,11,12);1-2,4,6,11-12H,3,10H2,(H,13,14)/t9-;6-/m10/s1. The van der Waals surface area contributed by atoms with Gasteiger partial charge >= 0.3 is 11.9 Å². The van der Waals surface area contributed by atoms with E-state index in [1.807, 2.05) is 0 Å². The first-order valence-electron chi connectivity index (χ1n) is 7.96. The fourth-order valence-corrected chi connectivity index (χ4v) is 1.95. The highest BCUT2D eigenvalue weighted by atomic mass is 16.6. The van der Waals surface area contributed by atoms with Crippen LogP contribution in [-0.2, 0) is 16.0 Å². The monoisotopic (exact) mass is 394 g/mol. The van der Waals surface area contributed by atoms with Gasteiger partial charge in [0.25, 0.3) is 5.72 Å². The predicted octanol–water partition coefficient (Wildman–Crippen LogP) is 0.727. The van der Waals surface area contributed by atoms with Gasteiger partial charge in [0.1, 0.15) is 6.04 Å². The number of benzene rings is 2. The van der Waals surface area contributed by atoms with E-state index in [9.17, 15) is 19.9 Å². The van der Waals surface area contributed by atoms with E-state index in [0.717, 1.165) is 6.92 Å². The molecule has 0 radical (unpaired) electrons. The minimum absolute atomic E-state index is 0.114. The molecule has 152 valence electrons. The summed E-state index contributed by atoms with van der Waals surface area (Å²) < 4.78 is 0. The van der Waals surface area contributed by atoms with Crippen molar-refractivity contribution in [1.82, 2.24) is 0 Å². The third kappa shape index (κ3) is 6.13. The van der Waals surface area contributed by atoms with Crippen LogP contribution in [0.15, 0.2) is 48.5 Å². The molecule has 10 nitrogen and oxygen atoms in total. The molecule has 0 bridgehead atoms. The smallest absolute Gasteiger partial charge is 0.359 e. The Morgan fingerprint density at radius 2 is 1.64 bits per heavy atom. The lowest BCUT2D eigenvalue weighted by atomic mass is 10.1. The summed E-state index contributed by atoms with van der Waals surface area (Å²) in [5.74, 6) is -3.14. The molecule has 2 rings (SSSR count). The van der Waals surface area contributed by atoms with Gasteiger partial charge in [0.2, 0.25) is 0 Å². The number of aliphatic carboxylic acids is 2. The molecule has 28 heavy (non-hydrogen) atoms. The van der Waals surface area contributed by atoms with Gasteiger partial charge in [-0.2, -0.15) is 0 Å². The number of phenols is 2. The van der Waals surface area contributed by atoms with Crippen LogP contribution in [0.5, 0.6) is 11.5 Å². The number of anilines is 1. The molecule has 0 spiro atoms. The van der Waals surface area contributed by atoms with Gasteiger partial charge in [-0.25, -0.2) is 9.86 Å². The number of phenolic OH excluding ortho intramolecular Hbond substituents is 2. The summed E-state index contributed by atoms with van der Waals surface area (Å²) in [4.78, 5) is 21.0. The number of aliphatic hydroxyl groups is 1.